The average Bonchev–Trinajstić information content (AvgIpc) is 3.38. The summed E-state index contributed by atoms with van der Waals surface area (Å²) in [5, 5.41) is 5.00. The van der Waals surface area contributed by atoms with Crippen LogP contribution in [0, 0.1) is 0 Å². The van der Waals surface area contributed by atoms with Crippen molar-refractivity contribution < 1.29 is 0 Å². The van der Waals surface area contributed by atoms with Crippen LogP contribution in [0.25, 0.3) is 66.1 Å². The Labute approximate surface area is 382 Å². The van der Waals surface area contributed by atoms with Crippen LogP contribution in [-0.2, 0) is 0 Å². The highest BCUT2D eigenvalue weighted by Crippen LogP contribution is 2.41. The summed E-state index contributed by atoms with van der Waals surface area (Å²) < 4.78 is 0. The predicted octanol–water partition coefficient (Wildman–Crippen LogP) is 17.9. The molecule has 0 aliphatic rings. The van der Waals surface area contributed by atoms with Crippen LogP contribution in [0.2, 0.25) is 0 Å². The zero-order chi connectivity index (χ0) is 44.0. The molecule has 0 aliphatic heterocycles. The fourth-order valence-corrected chi connectivity index (χ4v) is 9.04. The molecule has 0 spiro atoms. The Morgan fingerprint density at radius 3 is 1.15 bits per heavy atom. The fraction of sp³-hybridized carbons (Fsp3) is 0.0159. The quantitative estimate of drug-likeness (QED) is 0.113. The standard InChI is InChI=1S/C63H48N2/c1-3-5-21-52(4-2)64(55-40-32-50(33-41-55)62-28-15-19-46-17-9-11-24-58(46)62)54-38-30-48(31-39-54)60-26-13-14-27-61(60)49-34-42-56(43-35-49)65(53-22-7-6-8-23-53)57-44-36-51(37-45-57)63-29-16-20-47-18-10-12-25-59(47)63/h3-45H,1H2,2H3/b21-5-,52-4+. The average molecular weight is 833 g/mol. The third-order valence-electron chi connectivity index (χ3n) is 12.2. The largest absolute Gasteiger partial charge is 0.311 e. The Kier molecular flexibility index (Phi) is 11.5. The molecule has 10 aromatic rings. The second-order valence-electron chi connectivity index (χ2n) is 16.1. The molecule has 0 fully saturated rings. The molecule has 310 valence electrons. The minimum Gasteiger partial charge on any atom is -0.311 e. The van der Waals surface area contributed by atoms with Gasteiger partial charge in [0, 0.05) is 34.1 Å². The lowest BCUT2D eigenvalue weighted by molar-refractivity contribution is 1.20. The third kappa shape index (κ3) is 8.29. The van der Waals surface area contributed by atoms with Gasteiger partial charge >= 0.3 is 0 Å². The SMILES string of the molecule is C=C/C=C\C(=C/C)N(c1ccc(-c2ccccc2-c2ccc(N(c3ccccc3)c3ccc(-c4cccc5ccccc45)cc3)cc2)cc1)c1ccc(-c2cccc3ccccc23)cc1. The van der Waals surface area contributed by atoms with Crippen LogP contribution in [0.4, 0.5) is 28.4 Å². The number of anilines is 5. The molecule has 0 atom stereocenters. The van der Waals surface area contributed by atoms with Crippen molar-refractivity contribution in [3.8, 4) is 44.5 Å². The molecule has 0 N–H and O–H groups in total. The van der Waals surface area contributed by atoms with E-state index < -0.39 is 0 Å². The maximum Gasteiger partial charge on any atom is 0.0462 e. The van der Waals surface area contributed by atoms with Crippen LogP contribution in [0.15, 0.2) is 273 Å². The van der Waals surface area contributed by atoms with Crippen LogP contribution < -0.4 is 9.80 Å². The van der Waals surface area contributed by atoms with E-state index in [1.807, 2.05) is 12.2 Å². The highest BCUT2D eigenvalue weighted by Gasteiger charge is 2.17. The first kappa shape index (κ1) is 40.6. The van der Waals surface area contributed by atoms with E-state index in [1.54, 1.807) is 0 Å². The van der Waals surface area contributed by atoms with Gasteiger partial charge < -0.3 is 9.80 Å². The molecule has 0 bridgehead atoms. The number of allylic oxidation sites excluding steroid dienone is 4. The normalized spacial score (nSPS) is 11.6. The van der Waals surface area contributed by atoms with Crippen LogP contribution >= 0.6 is 0 Å². The van der Waals surface area contributed by atoms with Crippen molar-refractivity contribution in [2.24, 2.45) is 0 Å². The van der Waals surface area contributed by atoms with Gasteiger partial charge in [-0.05, 0) is 140 Å². The first-order valence-corrected chi connectivity index (χ1v) is 22.2. The van der Waals surface area contributed by atoms with E-state index in [1.165, 1.54) is 54.9 Å². The molecule has 65 heavy (non-hydrogen) atoms. The summed E-state index contributed by atoms with van der Waals surface area (Å²) in [5.74, 6) is 0. The molecule has 2 heteroatoms. The van der Waals surface area contributed by atoms with Crippen molar-refractivity contribution in [3.63, 3.8) is 0 Å². The van der Waals surface area contributed by atoms with Gasteiger partial charge in [-0.2, -0.15) is 0 Å². The number of nitrogens with zero attached hydrogens (tertiary/aromatic N) is 2. The van der Waals surface area contributed by atoms with E-state index in [9.17, 15) is 0 Å². The van der Waals surface area contributed by atoms with E-state index in [4.69, 9.17) is 0 Å². The van der Waals surface area contributed by atoms with Crippen molar-refractivity contribution in [2.75, 3.05) is 9.80 Å². The molecular formula is C63H48N2. The molecule has 0 unspecified atom stereocenters. The summed E-state index contributed by atoms with van der Waals surface area (Å²) in [4.78, 5) is 4.63. The number of fused-ring (bicyclic) bond motifs is 2. The Morgan fingerprint density at radius 1 is 0.354 bits per heavy atom. The second kappa shape index (κ2) is 18.5. The lowest BCUT2D eigenvalue weighted by atomic mass is 9.94. The zero-order valence-electron chi connectivity index (χ0n) is 36.4. The molecule has 0 amide bonds. The molecule has 0 aliphatic carbocycles. The molecule has 10 aromatic carbocycles. The summed E-state index contributed by atoms with van der Waals surface area (Å²) in [6.07, 6.45) is 8.07. The van der Waals surface area contributed by atoms with Crippen LogP contribution in [0.1, 0.15) is 6.92 Å². The van der Waals surface area contributed by atoms with Crippen LogP contribution in [-0.4, -0.2) is 0 Å². The highest BCUT2D eigenvalue weighted by atomic mass is 15.1. The van der Waals surface area contributed by atoms with E-state index in [0.717, 1.165) is 45.3 Å². The van der Waals surface area contributed by atoms with Gasteiger partial charge in [-0.15, -0.1) is 0 Å². The lowest BCUT2D eigenvalue weighted by Crippen LogP contribution is -2.15. The Bertz CT molecular complexity index is 3300. The number of hydrogen-bond acceptors (Lipinski definition) is 2. The van der Waals surface area contributed by atoms with Gasteiger partial charge in [0.2, 0.25) is 0 Å². The van der Waals surface area contributed by atoms with Crippen LogP contribution in [0.5, 0.6) is 0 Å². The molecule has 0 aromatic heterocycles. The minimum atomic E-state index is 1.06. The predicted molar refractivity (Wildman–Crippen MR) is 280 cm³/mol. The third-order valence-corrected chi connectivity index (χ3v) is 12.2. The molecule has 0 radical (unpaired) electrons. The number of rotatable bonds is 12. The van der Waals surface area contributed by atoms with E-state index >= 15 is 0 Å². The van der Waals surface area contributed by atoms with Gasteiger partial charge in [0.15, 0.2) is 0 Å². The molecule has 0 heterocycles. The summed E-state index contributed by atoms with van der Waals surface area (Å²) in [5.41, 5.74) is 16.0. The van der Waals surface area contributed by atoms with Gasteiger partial charge in [0.25, 0.3) is 0 Å². The second-order valence-corrected chi connectivity index (χ2v) is 16.1. The van der Waals surface area contributed by atoms with E-state index in [2.05, 4.69) is 272 Å². The fourth-order valence-electron chi connectivity index (χ4n) is 9.04. The number of para-hydroxylation sites is 1. The maximum absolute atomic E-state index is 3.95. The summed E-state index contributed by atoms with van der Waals surface area (Å²) in [7, 11) is 0. The van der Waals surface area contributed by atoms with Crippen molar-refractivity contribution in [2.45, 2.75) is 6.92 Å². The summed E-state index contributed by atoms with van der Waals surface area (Å²) >= 11 is 0. The molecular weight excluding hydrogens is 785 g/mol. The van der Waals surface area contributed by atoms with E-state index in [-0.39, 0.29) is 0 Å². The Morgan fingerprint density at radius 2 is 0.708 bits per heavy atom. The van der Waals surface area contributed by atoms with Crippen LogP contribution in [0.3, 0.4) is 0 Å². The van der Waals surface area contributed by atoms with Crippen molar-refractivity contribution in [1.29, 1.82) is 0 Å². The number of benzene rings is 10. The maximum atomic E-state index is 3.95. The molecule has 0 saturated carbocycles. The molecule has 10 rings (SSSR count). The van der Waals surface area contributed by atoms with Crippen molar-refractivity contribution in [3.05, 3.63) is 273 Å². The zero-order valence-corrected chi connectivity index (χ0v) is 36.4. The molecule has 2 nitrogen and oxygen atoms in total. The lowest BCUT2D eigenvalue weighted by Gasteiger charge is -2.27. The smallest absolute Gasteiger partial charge is 0.0462 e. The summed E-state index contributed by atoms with van der Waals surface area (Å²) in [6.45, 7) is 6.03. The number of hydrogen-bond donors (Lipinski definition) is 0. The Balaban J connectivity index is 0.950. The van der Waals surface area contributed by atoms with E-state index in [0.29, 0.717) is 0 Å². The topological polar surface area (TPSA) is 6.48 Å². The van der Waals surface area contributed by atoms with Crippen molar-refractivity contribution >= 4 is 50.0 Å². The summed E-state index contributed by atoms with van der Waals surface area (Å²) in [6, 6.07) is 85.2. The molecule has 0 saturated heterocycles. The first-order chi connectivity index (χ1) is 32.2. The first-order valence-electron chi connectivity index (χ1n) is 22.2. The highest BCUT2D eigenvalue weighted by molar-refractivity contribution is 5.98. The minimum absolute atomic E-state index is 1.06. The van der Waals surface area contributed by atoms with Gasteiger partial charge in [-0.25, -0.2) is 0 Å². The van der Waals surface area contributed by atoms with Gasteiger partial charge in [0.05, 0.1) is 0 Å². The van der Waals surface area contributed by atoms with Gasteiger partial charge in [-0.1, -0.05) is 201 Å². The van der Waals surface area contributed by atoms with Gasteiger partial charge in [0.1, 0.15) is 0 Å². The van der Waals surface area contributed by atoms with Crippen molar-refractivity contribution in [1.82, 2.24) is 0 Å². The monoisotopic (exact) mass is 832 g/mol. The van der Waals surface area contributed by atoms with Gasteiger partial charge in [-0.3, -0.25) is 0 Å². The Hall–Kier alpha value is -8.46.